The number of halogens is 1. The number of aromatic nitrogens is 2. The Morgan fingerprint density at radius 3 is 2.79 bits per heavy atom. The topological polar surface area (TPSA) is 75.1 Å². The molecule has 0 aliphatic carbocycles. The zero-order chi connectivity index (χ0) is 13.8. The summed E-state index contributed by atoms with van der Waals surface area (Å²) >= 11 is 5.88. The number of rotatable bonds is 4. The molecule has 0 saturated carbocycles. The number of aryl methyl sites for hydroxylation is 1. The second-order valence-corrected chi connectivity index (χ2v) is 4.38. The molecule has 1 aromatic heterocycles. The van der Waals surface area contributed by atoms with Gasteiger partial charge in [0.15, 0.2) is 0 Å². The van der Waals surface area contributed by atoms with E-state index in [1.165, 1.54) is 0 Å². The van der Waals surface area contributed by atoms with Gasteiger partial charge in [-0.1, -0.05) is 17.7 Å². The maximum absolute atomic E-state index is 11.1. The molecule has 0 radical (unpaired) electrons. The van der Waals surface area contributed by atoms with Crippen LogP contribution in [0, 0.1) is 6.92 Å². The van der Waals surface area contributed by atoms with Crippen LogP contribution in [-0.4, -0.2) is 21.0 Å². The Morgan fingerprint density at radius 1 is 1.37 bits per heavy atom. The van der Waals surface area contributed by atoms with E-state index in [-0.39, 0.29) is 10.6 Å². The zero-order valence-electron chi connectivity index (χ0n) is 10.2. The van der Waals surface area contributed by atoms with Gasteiger partial charge in [0.2, 0.25) is 0 Å². The van der Waals surface area contributed by atoms with Gasteiger partial charge >= 0.3 is 5.97 Å². The van der Waals surface area contributed by atoms with E-state index < -0.39 is 5.97 Å². The molecule has 0 amide bonds. The Hall–Kier alpha value is -2.14. The maximum atomic E-state index is 11.1. The molecule has 19 heavy (non-hydrogen) atoms. The molecule has 0 aliphatic heterocycles. The number of carboxylic acid groups (broad SMARTS) is 1. The molecule has 0 aliphatic rings. The zero-order valence-corrected chi connectivity index (χ0v) is 11.0. The summed E-state index contributed by atoms with van der Waals surface area (Å²) in [5, 5.41) is 12.3. The van der Waals surface area contributed by atoms with E-state index in [0.717, 1.165) is 11.4 Å². The Bertz CT molecular complexity index is 599. The number of aromatic carboxylic acids is 1. The van der Waals surface area contributed by atoms with Gasteiger partial charge in [0.25, 0.3) is 0 Å². The van der Waals surface area contributed by atoms with Crippen molar-refractivity contribution in [2.24, 2.45) is 0 Å². The molecule has 2 aromatic rings. The first kappa shape index (κ1) is 13.3. The third kappa shape index (κ3) is 3.20. The van der Waals surface area contributed by atoms with Crippen molar-refractivity contribution in [1.29, 1.82) is 0 Å². The molecule has 2 rings (SSSR count). The minimum atomic E-state index is -1.07. The number of anilines is 1. The van der Waals surface area contributed by atoms with Crippen molar-refractivity contribution >= 4 is 23.3 Å². The standard InChI is InChI=1S/C13H12ClN3O2/c1-8-5-16-9(6-15-8)7-17-11-4-2-3-10(14)12(11)13(18)19/h2-6,17H,7H2,1H3,(H,18,19). The van der Waals surface area contributed by atoms with Crippen molar-refractivity contribution < 1.29 is 9.90 Å². The van der Waals surface area contributed by atoms with Crippen molar-refractivity contribution in [1.82, 2.24) is 9.97 Å². The van der Waals surface area contributed by atoms with Gasteiger partial charge in [-0.25, -0.2) is 4.79 Å². The summed E-state index contributed by atoms with van der Waals surface area (Å²) in [7, 11) is 0. The van der Waals surface area contributed by atoms with Crippen LogP contribution in [0.1, 0.15) is 21.7 Å². The quantitative estimate of drug-likeness (QED) is 0.899. The molecule has 1 aromatic carbocycles. The van der Waals surface area contributed by atoms with E-state index in [1.54, 1.807) is 30.6 Å². The van der Waals surface area contributed by atoms with Crippen molar-refractivity contribution in [3.05, 3.63) is 52.6 Å². The van der Waals surface area contributed by atoms with E-state index in [1.807, 2.05) is 6.92 Å². The number of nitrogens with one attached hydrogen (secondary N) is 1. The van der Waals surface area contributed by atoms with E-state index in [2.05, 4.69) is 15.3 Å². The van der Waals surface area contributed by atoms with Crippen LogP contribution in [0.3, 0.4) is 0 Å². The summed E-state index contributed by atoms with van der Waals surface area (Å²) in [6.07, 6.45) is 3.31. The fourth-order valence-corrected chi connectivity index (χ4v) is 1.84. The second kappa shape index (κ2) is 5.67. The van der Waals surface area contributed by atoms with Gasteiger partial charge in [-0.2, -0.15) is 0 Å². The molecule has 0 unspecified atom stereocenters. The average molecular weight is 278 g/mol. The molecule has 2 N–H and O–H groups in total. The van der Waals surface area contributed by atoms with Crippen LogP contribution in [0.5, 0.6) is 0 Å². The van der Waals surface area contributed by atoms with Crippen LogP contribution in [0.25, 0.3) is 0 Å². The van der Waals surface area contributed by atoms with Gasteiger partial charge in [0.05, 0.1) is 34.8 Å². The number of benzene rings is 1. The molecule has 6 heteroatoms. The fraction of sp³-hybridized carbons (Fsp3) is 0.154. The minimum Gasteiger partial charge on any atom is -0.478 e. The van der Waals surface area contributed by atoms with Crippen LogP contribution in [0.15, 0.2) is 30.6 Å². The summed E-state index contributed by atoms with van der Waals surface area (Å²) in [5.74, 6) is -1.07. The van der Waals surface area contributed by atoms with E-state index in [4.69, 9.17) is 16.7 Å². The lowest BCUT2D eigenvalue weighted by molar-refractivity contribution is 0.0698. The molecular weight excluding hydrogens is 266 g/mol. The van der Waals surface area contributed by atoms with E-state index >= 15 is 0 Å². The predicted molar refractivity (Wildman–Crippen MR) is 72.5 cm³/mol. The number of nitrogens with zero attached hydrogens (tertiary/aromatic N) is 2. The first-order chi connectivity index (χ1) is 9.08. The summed E-state index contributed by atoms with van der Waals surface area (Å²) in [6, 6.07) is 4.90. The number of hydrogen-bond donors (Lipinski definition) is 2. The molecule has 0 spiro atoms. The second-order valence-electron chi connectivity index (χ2n) is 3.97. The van der Waals surface area contributed by atoms with Crippen molar-refractivity contribution in [2.45, 2.75) is 13.5 Å². The summed E-state index contributed by atoms with van der Waals surface area (Å²) in [4.78, 5) is 19.5. The largest absolute Gasteiger partial charge is 0.478 e. The van der Waals surface area contributed by atoms with Gasteiger partial charge in [-0.3, -0.25) is 9.97 Å². The van der Waals surface area contributed by atoms with Gasteiger partial charge in [0.1, 0.15) is 5.56 Å². The molecule has 0 fully saturated rings. The SMILES string of the molecule is Cc1cnc(CNc2cccc(Cl)c2C(=O)O)cn1. The van der Waals surface area contributed by atoms with Crippen LogP contribution in [0.2, 0.25) is 5.02 Å². The van der Waals surface area contributed by atoms with Gasteiger partial charge in [0, 0.05) is 6.20 Å². The fourth-order valence-electron chi connectivity index (χ4n) is 1.59. The Kier molecular flexibility index (Phi) is 3.97. The van der Waals surface area contributed by atoms with Gasteiger partial charge in [-0.05, 0) is 19.1 Å². The van der Waals surface area contributed by atoms with Crippen LogP contribution in [-0.2, 0) is 6.54 Å². The van der Waals surface area contributed by atoms with E-state index in [9.17, 15) is 4.79 Å². The molecule has 0 atom stereocenters. The highest BCUT2D eigenvalue weighted by molar-refractivity contribution is 6.34. The average Bonchev–Trinajstić information content (AvgIpc) is 2.37. The van der Waals surface area contributed by atoms with Crippen LogP contribution in [0.4, 0.5) is 5.69 Å². The molecule has 0 bridgehead atoms. The number of carbonyl (C=O) groups is 1. The smallest absolute Gasteiger partial charge is 0.339 e. The third-order valence-corrected chi connectivity index (χ3v) is 2.84. The molecular formula is C13H12ClN3O2. The molecule has 5 nitrogen and oxygen atoms in total. The van der Waals surface area contributed by atoms with Gasteiger partial charge in [-0.15, -0.1) is 0 Å². The van der Waals surface area contributed by atoms with Crippen molar-refractivity contribution in [3.8, 4) is 0 Å². The monoisotopic (exact) mass is 277 g/mol. The highest BCUT2D eigenvalue weighted by Gasteiger charge is 2.13. The lowest BCUT2D eigenvalue weighted by Gasteiger charge is -2.10. The minimum absolute atomic E-state index is 0.0595. The molecule has 0 saturated heterocycles. The summed E-state index contributed by atoms with van der Waals surface area (Å²) in [5.41, 5.74) is 2.08. The highest BCUT2D eigenvalue weighted by atomic mass is 35.5. The van der Waals surface area contributed by atoms with Crippen LogP contribution < -0.4 is 5.32 Å². The number of hydrogen-bond acceptors (Lipinski definition) is 4. The predicted octanol–water partition coefficient (Wildman–Crippen LogP) is 2.75. The first-order valence-corrected chi connectivity index (χ1v) is 5.99. The van der Waals surface area contributed by atoms with Crippen molar-refractivity contribution in [2.75, 3.05) is 5.32 Å². The summed E-state index contributed by atoms with van der Waals surface area (Å²) < 4.78 is 0. The Balaban J connectivity index is 2.18. The summed E-state index contributed by atoms with van der Waals surface area (Å²) in [6.45, 7) is 2.23. The number of carboxylic acids is 1. The highest BCUT2D eigenvalue weighted by Crippen LogP contribution is 2.24. The normalized spacial score (nSPS) is 10.2. The van der Waals surface area contributed by atoms with Crippen molar-refractivity contribution in [3.63, 3.8) is 0 Å². The maximum Gasteiger partial charge on any atom is 0.339 e. The lowest BCUT2D eigenvalue weighted by Crippen LogP contribution is -2.08. The van der Waals surface area contributed by atoms with E-state index in [0.29, 0.717) is 12.2 Å². The third-order valence-electron chi connectivity index (χ3n) is 2.52. The Morgan fingerprint density at radius 2 is 2.16 bits per heavy atom. The molecule has 1 heterocycles. The Labute approximate surface area is 115 Å². The first-order valence-electron chi connectivity index (χ1n) is 5.61. The lowest BCUT2D eigenvalue weighted by atomic mass is 10.1. The van der Waals surface area contributed by atoms with Gasteiger partial charge < -0.3 is 10.4 Å². The van der Waals surface area contributed by atoms with Crippen LogP contribution >= 0.6 is 11.6 Å². The molecule has 98 valence electrons.